The molecule has 4 aliphatic rings. The van der Waals surface area contributed by atoms with E-state index in [2.05, 4.69) is 21.3 Å². The quantitative estimate of drug-likeness (QED) is 0.0148. The Morgan fingerprint density at radius 2 is 1.00 bits per heavy atom. The van der Waals surface area contributed by atoms with Gasteiger partial charge < -0.3 is 55.5 Å². The fourth-order valence-corrected chi connectivity index (χ4v) is 9.89. The first-order valence-electron chi connectivity index (χ1n) is 28.6. The van der Waals surface area contributed by atoms with Gasteiger partial charge in [0.1, 0.15) is 24.3 Å². The molecule has 85 heavy (non-hydrogen) atoms. The third kappa shape index (κ3) is 27.1. The van der Waals surface area contributed by atoms with Gasteiger partial charge in [-0.1, -0.05) is 128 Å². The van der Waals surface area contributed by atoms with Gasteiger partial charge in [-0.3, -0.25) is 29.4 Å². The number of para-hydroxylation sites is 4. The number of benzene rings is 4. The molecule has 4 aromatic rings. The van der Waals surface area contributed by atoms with Crippen LogP contribution in [0.25, 0.3) is 0 Å². The standard InChI is InChI=1S/C25H37N3O5.C18H30N2O5.C7H8ClN.C7H8NO.C6H7N.CH4.Na/c1-25(2,3)20(14-22(29)33-19-12-8-9-13-19)23(30)28-17-27(15-21(28)24(31)32-4)16-26-18-10-6-5-7-11-18;1-18(2,3)13(9-15(21)25-12-7-5-6-8-12)16(22)20-11-19-10-14(20)17(23)24-4;8-6-9-7-4-2-1-3-5-7;9-6-8-7-4-2-1-3-5-7;7-6-4-2-1-3-5-6;;/h5-7,10-11,19-21,26H,8-9,12-17H2,1-4H3;12-14,19H,5-11H2,1-4H3;1-5,9H,6H2;1-5,8H,6H2;1-5H,7H2;1H4;/q;;;-1;;;+1/t20-,21+;13-,14+;;;;;/m11...../s1. The zero-order chi connectivity index (χ0) is 60.8. The van der Waals surface area contributed by atoms with Crippen LogP contribution in [0, 0.1) is 22.7 Å². The number of methoxy groups -OCH3 is 2. The Morgan fingerprint density at radius 1 is 0.612 bits per heavy atom. The Balaban J connectivity index is 0.000000411. The zero-order valence-electron chi connectivity index (χ0n) is 50.8. The molecule has 4 atom stereocenters. The van der Waals surface area contributed by atoms with Crippen LogP contribution in [0.4, 0.5) is 22.7 Å². The van der Waals surface area contributed by atoms with Crippen molar-refractivity contribution < 1.29 is 82.4 Å². The van der Waals surface area contributed by atoms with E-state index in [0.29, 0.717) is 25.8 Å². The second kappa shape index (κ2) is 39.7. The monoisotopic (exact) mass is 1210 g/mol. The summed E-state index contributed by atoms with van der Waals surface area (Å²) in [7, 11) is 2.64. The van der Waals surface area contributed by atoms with Crippen molar-refractivity contribution in [3.05, 3.63) is 121 Å². The molecular formula is C64H94ClN8NaO11. The Bertz CT molecular complexity index is 2500. The number of alkyl halides is 1. The summed E-state index contributed by atoms with van der Waals surface area (Å²) in [4.78, 5) is 81.2. The van der Waals surface area contributed by atoms with Crippen LogP contribution in [0.5, 0.6) is 0 Å². The minimum Gasteiger partial charge on any atom is -0.839 e. The molecule has 2 heterocycles. The number of carbonyl (C=O) groups excluding carboxylic acids is 6. The van der Waals surface area contributed by atoms with Crippen molar-refractivity contribution in [2.24, 2.45) is 22.7 Å². The number of halogens is 1. The van der Waals surface area contributed by atoms with E-state index in [1.54, 1.807) is 4.90 Å². The summed E-state index contributed by atoms with van der Waals surface area (Å²) in [5.74, 6) is -3.14. The van der Waals surface area contributed by atoms with Crippen LogP contribution in [-0.4, -0.2) is 135 Å². The van der Waals surface area contributed by atoms with Crippen LogP contribution in [-0.2, 0) is 47.7 Å². The molecule has 2 saturated carbocycles. The molecule has 8 rings (SSSR count). The third-order valence-corrected chi connectivity index (χ3v) is 14.6. The molecule has 2 saturated heterocycles. The van der Waals surface area contributed by atoms with Crippen LogP contribution in [0.2, 0.25) is 0 Å². The van der Waals surface area contributed by atoms with Crippen molar-refractivity contribution in [1.82, 2.24) is 20.0 Å². The normalized spacial score (nSPS) is 17.2. The number of ether oxygens (including phenoxy) is 4. The number of nitrogen functional groups attached to an aromatic ring is 1. The minimum absolute atomic E-state index is 0. The van der Waals surface area contributed by atoms with Gasteiger partial charge in [-0.2, -0.15) is 0 Å². The molecule has 0 radical (unpaired) electrons. The topological polar surface area (TPSA) is 246 Å². The predicted molar refractivity (Wildman–Crippen MR) is 330 cm³/mol. The number of nitrogens with zero attached hydrogens (tertiary/aromatic N) is 3. The molecule has 2 aliphatic carbocycles. The molecule has 0 bridgehead atoms. The number of rotatable bonds is 17. The van der Waals surface area contributed by atoms with Gasteiger partial charge in [-0.05, 0) is 111 Å². The number of nitrogens with one attached hydrogen (secondary N) is 4. The Hall–Kier alpha value is -5.93. The van der Waals surface area contributed by atoms with Gasteiger partial charge in [-0.15, -0.1) is 11.6 Å². The average molecular weight is 1210 g/mol. The number of carbonyl (C=O) groups is 6. The minimum atomic E-state index is -0.712. The van der Waals surface area contributed by atoms with Gasteiger partial charge in [0.25, 0.3) is 0 Å². The molecule has 464 valence electrons. The maximum atomic E-state index is 13.7. The van der Waals surface area contributed by atoms with Gasteiger partial charge in [0.15, 0.2) is 0 Å². The molecule has 4 aromatic carbocycles. The summed E-state index contributed by atoms with van der Waals surface area (Å²) < 4.78 is 20.9. The molecule has 2 aliphatic heterocycles. The smallest absolute Gasteiger partial charge is 0.839 e. The van der Waals surface area contributed by atoms with Gasteiger partial charge in [0.05, 0.1) is 64.9 Å². The van der Waals surface area contributed by atoms with E-state index in [9.17, 15) is 33.9 Å². The van der Waals surface area contributed by atoms with Crippen LogP contribution in [0.3, 0.4) is 0 Å². The molecule has 0 unspecified atom stereocenters. The van der Waals surface area contributed by atoms with Crippen LogP contribution < -0.4 is 61.7 Å². The third-order valence-electron chi connectivity index (χ3n) is 14.5. The zero-order valence-corrected chi connectivity index (χ0v) is 53.6. The summed E-state index contributed by atoms with van der Waals surface area (Å²) in [6, 6.07) is 37.6. The first-order valence-corrected chi connectivity index (χ1v) is 29.1. The van der Waals surface area contributed by atoms with Gasteiger partial charge in [0.2, 0.25) is 11.8 Å². The predicted octanol–water partition coefficient (Wildman–Crippen LogP) is 6.31. The van der Waals surface area contributed by atoms with E-state index in [-0.39, 0.29) is 106 Å². The molecule has 4 fully saturated rings. The summed E-state index contributed by atoms with van der Waals surface area (Å²) >= 11 is 5.42. The Kier molecular flexibility index (Phi) is 35.1. The van der Waals surface area contributed by atoms with Crippen molar-refractivity contribution in [2.75, 3.05) is 81.7 Å². The molecular weight excluding hydrogens is 1120 g/mol. The first-order chi connectivity index (χ1) is 39.7. The maximum absolute atomic E-state index is 13.7. The molecule has 19 nitrogen and oxygen atoms in total. The van der Waals surface area contributed by atoms with Crippen LogP contribution in [0.15, 0.2) is 121 Å². The first kappa shape index (κ1) is 75.2. The Labute approximate surface area is 532 Å². The summed E-state index contributed by atoms with van der Waals surface area (Å²) in [5.41, 5.74) is 8.19. The van der Waals surface area contributed by atoms with Gasteiger partial charge >= 0.3 is 53.4 Å². The van der Waals surface area contributed by atoms with E-state index in [1.807, 2.05) is 168 Å². The number of hydrogen-bond donors (Lipinski definition) is 5. The number of anilines is 4. The molecule has 0 aromatic heterocycles. The van der Waals surface area contributed by atoms with Crippen LogP contribution in [0.1, 0.15) is 113 Å². The Morgan fingerprint density at radius 3 is 1.38 bits per heavy atom. The number of hydrogen-bond acceptors (Lipinski definition) is 17. The molecule has 21 heteroatoms. The number of esters is 4. The maximum Gasteiger partial charge on any atom is 1.00 e. The average Bonchev–Trinajstić information content (AvgIpc) is 3.94. The summed E-state index contributed by atoms with van der Waals surface area (Å²) in [6.45, 7) is 13.1. The molecule has 0 spiro atoms. The second-order valence-corrected chi connectivity index (χ2v) is 23.1. The SMILES string of the molecule is C.COC(=O)[C@@H]1CN(CNc2ccccc2)CN1C(=O)[C@@H](CC(=O)OC1CCCC1)C(C)(C)C.COC(=O)[C@@H]1CNCN1C(=O)[C@@H](CC(=O)OC1CCCC1)C(C)(C)C.ClCNc1ccccc1.Nc1ccccc1.[Na+].[O-]CNc1ccccc1. The fraction of sp³-hybridized carbons (Fsp3) is 0.531. The number of amides is 2. The van der Waals surface area contributed by atoms with Crippen molar-refractivity contribution in [3.63, 3.8) is 0 Å². The fourth-order valence-electron chi connectivity index (χ4n) is 9.74. The van der Waals surface area contributed by atoms with Crippen molar-refractivity contribution in [2.45, 2.75) is 137 Å². The molecule has 2 amide bonds. The van der Waals surface area contributed by atoms with Crippen molar-refractivity contribution in [1.29, 1.82) is 0 Å². The molecule has 6 N–H and O–H groups in total. The van der Waals surface area contributed by atoms with E-state index in [1.165, 1.54) is 19.1 Å². The summed E-state index contributed by atoms with van der Waals surface area (Å²) in [6.07, 6.45) is 7.87. The second-order valence-electron chi connectivity index (χ2n) is 22.8. The van der Waals surface area contributed by atoms with E-state index < -0.39 is 46.7 Å². The van der Waals surface area contributed by atoms with Crippen molar-refractivity contribution >= 4 is 70.0 Å². The number of nitrogens with two attached hydrogens (primary N) is 1. The van der Waals surface area contributed by atoms with Crippen molar-refractivity contribution in [3.8, 4) is 0 Å². The largest absolute Gasteiger partial charge is 1.00 e. The summed E-state index contributed by atoms with van der Waals surface area (Å²) in [5, 5.41) is 22.0. The van der Waals surface area contributed by atoms with Crippen LogP contribution >= 0.6 is 11.6 Å². The van der Waals surface area contributed by atoms with E-state index >= 15 is 0 Å². The van der Waals surface area contributed by atoms with E-state index in [0.717, 1.165) is 74.1 Å². The van der Waals surface area contributed by atoms with E-state index in [4.69, 9.17) is 36.3 Å². The van der Waals surface area contributed by atoms with Gasteiger partial charge in [0, 0.05) is 35.8 Å². The van der Waals surface area contributed by atoms with Gasteiger partial charge in [-0.25, -0.2) is 9.59 Å².